The lowest BCUT2D eigenvalue weighted by Crippen LogP contribution is -2.23. The zero-order valence-electron chi connectivity index (χ0n) is 7.05. The van der Waals surface area contributed by atoms with Crippen molar-refractivity contribution in [1.82, 2.24) is 5.32 Å². The molecule has 0 aromatic heterocycles. The molecule has 0 heterocycles. The van der Waals surface area contributed by atoms with Crippen LogP contribution in [0.1, 0.15) is 10.4 Å². The molecule has 0 fully saturated rings. The second-order valence-electron chi connectivity index (χ2n) is 2.47. The van der Waals surface area contributed by atoms with Gasteiger partial charge in [-0.15, -0.1) is 0 Å². The van der Waals surface area contributed by atoms with Crippen molar-refractivity contribution in [2.24, 2.45) is 0 Å². The van der Waals surface area contributed by atoms with Crippen LogP contribution in [0.4, 0.5) is 0 Å². The van der Waals surface area contributed by atoms with Crippen LogP contribution in [-0.2, 0) is 0 Å². The number of nitrogens with zero attached hydrogens (tertiary/aromatic N) is 1. The molecule has 72 valence electrons. The highest BCUT2D eigenvalue weighted by Gasteiger charge is 2.06. The first-order valence-corrected chi connectivity index (χ1v) is 4.92. The van der Waals surface area contributed by atoms with Gasteiger partial charge in [-0.2, -0.15) is 5.26 Å². The Morgan fingerprint density at radius 2 is 2.36 bits per heavy atom. The number of nitrogens with one attached hydrogen (secondary N) is 1. The molecule has 1 amide bonds. The highest BCUT2D eigenvalue weighted by molar-refractivity contribution is 9.10. The Bertz CT molecular complexity index is 400. The minimum atomic E-state index is -0.305. The van der Waals surface area contributed by atoms with Gasteiger partial charge in [0.15, 0.2) is 0 Å². The van der Waals surface area contributed by atoms with E-state index in [0.29, 0.717) is 10.6 Å². The largest absolute Gasteiger partial charge is 0.339 e. The summed E-state index contributed by atoms with van der Waals surface area (Å²) in [6, 6.07) is 6.67. The Hall–Kier alpha value is -1.05. The van der Waals surface area contributed by atoms with E-state index in [4.69, 9.17) is 16.9 Å². The van der Waals surface area contributed by atoms with Crippen LogP contribution in [0, 0.1) is 11.3 Å². The maximum Gasteiger partial charge on any atom is 0.252 e. The van der Waals surface area contributed by atoms with E-state index < -0.39 is 0 Å². The van der Waals surface area contributed by atoms with E-state index in [2.05, 4.69) is 21.2 Å². The van der Waals surface area contributed by atoms with E-state index in [9.17, 15) is 4.79 Å². The van der Waals surface area contributed by atoms with Crippen LogP contribution < -0.4 is 5.32 Å². The molecule has 0 spiro atoms. The molecular formula is C9H6BrClN2O. The summed E-state index contributed by atoms with van der Waals surface area (Å²) in [7, 11) is 0. The SMILES string of the molecule is N#CCNC(=O)c1ccc(Br)c(Cl)c1. The summed E-state index contributed by atoms with van der Waals surface area (Å²) in [6.45, 7) is -0.00742. The van der Waals surface area contributed by atoms with Crippen molar-refractivity contribution in [3.63, 3.8) is 0 Å². The van der Waals surface area contributed by atoms with Gasteiger partial charge in [-0.05, 0) is 34.1 Å². The highest BCUT2D eigenvalue weighted by Crippen LogP contribution is 2.22. The monoisotopic (exact) mass is 272 g/mol. The van der Waals surface area contributed by atoms with Gasteiger partial charge in [0.05, 0.1) is 11.1 Å². The number of rotatable bonds is 2. The van der Waals surface area contributed by atoms with Crippen LogP contribution in [0.15, 0.2) is 22.7 Å². The number of nitriles is 1. The summed E-state index contributed by atoms with van der Waals surface area (Å²) in [5.41, 5.74) is 0.438. The molecule has 14 heavy (non-hydrogen) atoms. The molecule has 1 aromatic rings. The molecule has 1 N–H and O–H groups in total. The maximum atomic E-state index is 11.3. The fraction of sp³-hybridized carbons (Fsp3) is 0.111. The van der Waals surface area contributed by atoms with Crippen LogP contribution in [0.2, 0.25) is 5.02 Å². The van der Waals surface area contributed by atoms with Crippen molar-refractivity contribution in [2.75, 3.05) is 6.54 Å². The second kappa shape index (κ2) is 4.99. The zero-order valence-corrected chi connectivity index (χ0v) is 9.39. The predicted molar refractivity (Wildman–Crippen MR) is 57.1 cm³/mol. The van der Waals surface area contributed by atoms with E-state index in [-0.39, 0.29) is 12.5 Å². The lowest BCUT2D eigenvalue weighted by atomic mass is 10.2. The Balaban J connectivity index is 2.82. The van der Waals surface area contributed by atoms with Gasteiger partial charge < -0.3 is 5.32 Å². The molecule has 0 aliphatic carbocycles. The number of carbonyl (C=O) groups is 1. The molecule has 0 aliphatic rings. The third-order valence-electron chi connectivity index (χ3n) is 1.51. The zero-order chi connectivity index (χ0) is 10.6. The minimum Gasteiger partial charge on any atom is -0.339 e. The van der Waals surface area contributed by atoms with Crippen LogP contribution in [0.3, 0.4) is 0 Å². The Kier molecular flexibility index (Phi) is 3.93. The summed E-state index contributed by atoms with van der Waals surface area (Å²) in [5.74, 6) is -0.305. The number of amides is 1. The van der Waals surface area contributed by atoms with E-state index >= 15 is 0 Å². The van der Waals surface area contributed by atoms with Crippen LogP contribution in [0.25, 0.3) is 0 Å². The summed E-state index contributed by atoms with van der Waals surface area (Å²) < 4.78 is 0.732. The molecule has 0 bridgehead atoms. The fourth-order valence-corrected chi connectivity index (χ4v) is 1.29. The van der Waals surface area contributed by atoms with Gasteiger partial charge in [0, 0.05) is 10.0 Å². The van der Waals surface area contributed by atoms with Gasteiger partial charge in [-0.3, -0.25) is 4.79 Å². The van der Waals surface area contributed by atoms with E-state index in [1.165, 1.54) is 0 Å². The van der Waals surface area contributed by atoms with Crippen molar-refractivity contribution in [2.45, 2.75) is 0 Å². The van der Waals surface area contributed by atoms with Crippen molar-refractivity contribution in [3.8, 4) is 6.07 Å². The number of hydrogen-bond acceptors (Lipinski definition) is 2. The van der Waals surface area contributed by atoms with Gasteiger partial charge in [-0.1, -0.05) is 11.6 Å². The second-order valence-corrected chi connectivity index (χ2v) is 3.73. The van der Waals surface area contributed by atoms with Crippen LogP contribution in [-0.4, -0.2) is 12.5 Å². The molecule has 0 unspecified atom stereocenters. The van der Waals surface area contributed by atoms with Gasteiger partial charge >= 0.3 is 0 Å². The summed E-state index contributed by atoms with van der Waals surface area (Å²) >= 11 is 9.02. The number of carbonyl (C=O) groups excluding carboxylic acids is 1. The van der Waals surface area contributed by atoms with E-state index in [1.54, 1.807) is 18.2 Å². The number of hydrogen-bond donors (Lipinski definition) is 1. The topological polar surface area (TPSA) is 52.9 Å². The van der Waals surface area contributed by atoms with Gasteiger partial charge in [0.2, 0.25) is 0 Å². The third-order valence-corrected chi connectivity index (χ3v) is 2.74. The molecular weight excluding hydrogens is 267 g/mol. The highest BCUT2D eigenvalue weighted by atomic mass is 79.9. The summed E-state index contributed by atoms with van der Waals surface area (Å²) in [4.78, 5) is 11.3. The Labute approximate surface area is 94.8 Å². The fourth-order valence-electron chi connectivity index (χ4n) is 0.859. The van der Waals surface area contributed by atoms with Crippen molar-refractivity contribution >= 4 is 33.4 Å². The quantitative estimate of drug-likeness (QED) is 0.841. The molecule has 1 aromatic carbocycles. The lowest BCUT2D eigenvalue weighted by Gasteiger charge is -2.02. The average molecular weight is 274 g/mol. The third kappa shape index (κ3) is 2.72. The first-order valence-electron chi connectivity index (χ1n) is 3.75. The van der Waals surface area contributed by atoms with Gasteiger partial charge in [0.1, 0.15) is 6.54 Å². The molecule has 0 radical (unpaired) electrons. The Morgan fingerprint density at radius 3 is 2.93 bits per heavy atom. The average Bonchev–Trinajstić information content (AvgIpc) is 2.18. The van der Waals surface area contributed by atoms with Gasteiger partial charge in [0.25, 0.3) is 5.91 Å². The van der Waals surface area contributed by atoms with Crippen molar-refractivity contribution in [3.05, 3.63) is 33.3 Å². The van der Waals surface area contributed by atoms with E-state index in [0.717, 1.165) is 4.47 Å². The van der Waals surface area contributed by atoms with Gasteiger partial charge in [-0.25, -0.2) is 0 Å². The molecule has 0 aliphatic heterocycles. The van der Waals surface area contributed by atoms with Crippen LogP contribution >= 0.6 is 27.5 Å². The molecule has 3 nitrogen and oxygen atoms in total. The molecule has 5 heteroatoms. The lowest BCUT2D eigenvalue weighted by molar-refractivity contribution is 0.0958. The standard InChI is InChI=1S/C9H6BrClN2O/c10-7-2-1-6(5-8(7)11)9(14)13-4-3-12/h1-2,5H,4H2,(H,13,14). The smallest absolute Gasteiger partial charge is 0.252 e. The number of benzene rings is 1. The predicted octanol–water partition coefficient (Wildman–Crippen LogP) is 2.36. The Morgan fingerprint density at radius 1 is 1.64 bits per heavy atom. The maximum absolute atomic E-state index is 11.3. The van der Waals surface area contributed by atoms with Crippen molar-refractivity contribution < 1.29 is 4.79 Å². The normalized spacial score (nSPS) is 9.21. The molecule has 0 atom stereocenters. The summed E-state index contributed by atoms with van der Waals surface area (Å²) in [5, 5.41) is 11.2. The molecule has 1 rings (SSSR count). The number of halogens is 2. The molecule has 0 saturated heterocycles. The minimum absolute atomic E-state index is 0.00742. The first-order chi connectivity index (χ1) is 6.65. The first kappa shape index (κ1) is 11.0. The van der Waals surface area contributed by atoms with Crippen molar-refractivity contribution in [1.29, 1.82) is 5.26 Å². The summed E-state index contributed by atoms with van der Waals surface area (Å²) in [6.07, 6.45) is 0. The molecule has 0 saturated carbocycles. The van der Waals surface area contributed by atoms with Crippen LogP contribution in [0.5, 0.6) is 0 Å². The van der Waals surface area contributed by atoms with E-state index in [1.807, 2.05) is 6.07 Å².